The quantitative estimate of drug-likeness (QED) is 0.842. The maximum absolute atomic E-state index is 14.1. The summed E-state index contributed by atoms with van der Waals surface area (Å²) in [4.78, 5) is 12.3. The van der Waals surface area contributed by atoms with E-state index in [0.29, 0.717) is 17.9 Å². The van der Waals surface area contributed by atoms with E-state index >= 15 is 0 Å². The molecule has 0 atom stereocenters. The average molecular weight is 267 g/mol. The SMILES string of the molecule is CCc1ncnc(N(C)CCN2CCNCC2)c1F. The molecule has 1 N–H and O–H groups in total. The van der Waals surface area contributed by atoms with Gasteiger partial charge in [0.2, 0.25) is 0 Å². The molecule has 0 bridgehead atoms. The molecule has 0 spiro atoms. The number of nitrogens with one attached hydrogen (secondary N) is 1. The molecule has 2 heterocycles. The van der Waals surface area contributed by atoms with Gasteiger partial charge in [-0.2, -0.15) is 0 Å². The van der Waals surface area contributed by atoms with Gasteiger partial charge < -0.3 is 10.2 Å². The van der Waals surface area contributed by atoms with Crippen molar-refractivity contribution in [1.29, 1.82) is 0 Å². The summed E-state index contributed by atoms with van der Waals surface area (Å²) in [5, 5.41) is 3.32. The molecule has 6 heteroatoms. The average Bonchev–Trinajstić information content (AvgIpc) is 2.46. The van der Waals surface area contributed by atoms with Gasteiger partial charge in [0.25, 0.3) is 0 Å². The minimum atomic E-state index is -0.284. The van der Waals surface area contributed by atoms with Crippen LogP contribution in [0.3, 0.4) is 0 Å². The first kappa shape index (κ1) is 14.1. The van der Waals surface area contributed by atoms with Gasteiger partial charge in [0, 0.05) is 46.3 Å². The molecule has 0 aliphatic carbocycles. The van der Waals surface area contributed by atoms with Gasteiger partial charge in [-0.15, -0.1) is 0 Å². The van der Waals surface area contributed by atoms with Gasteiger partial charge in [0.05, 0.1) is 5.69 Å². The Kier molecular flexibility index (Phi) is 5.04. The van der Waals surface area contributed by atoms with Gasteiger partial charge in [0.15, 0.2) is 11.6 Å². The number of halogens is 1. The van der Waals surface area contributed by atoms with Crippen LogP contribution in [0.1, 0.15) is 12.6 Å². The van der Waals surface area contributed by atoms with Crippen molar-refractivity contribution in [2.45, 2.75) is 13.3 Å². The monoisotopic (exact) mass is 267 g/mol. The maximum atomic E-state index is 14.1. The lowest BCUT2D eigenvalue weighted by molar-refractivity contribution is 0.246. The van der Waals surface area contributed by atoms with E-state index in [-0.39, 0.29) is 5.82 Å². The molecular weight excluding hydrogens is 245 g/mol. The van der Waals surface area contributed by atoms with Crippen LogP contribution in [0.2, 0.25) is 0 Å². The van der Waals surface area contributed by atoms with E-state index in [9.17, 15) is 4.39 Å². The zero-order valence-electron chi connectivity index (χ0n) is 11.7. The Bertz CT molecular complexity index is 406. The number of hydrogen-bond donors (Lipinski definition) is 1. The number of piperazine rings is 1. The Balaban J connectivity index is 1.93. The molecule has 0 aromatic carbocycles. The number of rotatable bonds is 5. The first-order valence-electron chi connectivity index (χ1n) is 6.86. The standard InChI is InChI=1S/C13H22FN5/c1-3-11-12(14)13(17-10-16-11)18(2)8-9-19-6-4-15-5-7-19/h10,15H,3-9H2,1-2H3. The largest absolute Gasteiger partial charge is 0.356 e. The van der Waals surface area contributed by atoms with Gasteiger partial charge in [0.1, 0.15) is 6.33 Å². The van der Waals surface area contributed by atoms with Gasteiger partial charge in [-0.1, -0.05) is 6.92 Å². The highest BCUT2D eigenvalue weighted by molar-refractivity contribution is 5.39. The van der Waals surface area contributed by atoms with E-state index < -0.39 is 0 Å². The first-order valence-corrected chi connectivity index (χ1v) is 6.86. The van der Waals surface area contributed by atoms with Crippen molar-refractivity contribution in [2.24, 2.45) is 0 Å². The number of hydrogen-bond acceptors (Lipinski definition) is 5. The Morgan fingerprint density at radius 2 is 2.11 bits per heavy atom. The van der Waals surface area contributed by atoms with Gasteiger partial charge in [-0.05, 0) is 6.42 Å². The lowest BCUT2D eigenvalue weighted by atomic mass is 10.3. The molecule has 2 rings (SSSR count). The number of likely N-dealkylation sites (N-methyl/N-ethyl adjacent to an activating group) is 1. The Hall–Kier alpha value is -1.27. The van der Waals surface area contributed by atoms with Crippen LogP contribution in [0.15, 0.2) is 6.33 Å². The van der Waals surface area contributed by atoms with E-state index in [1.807, 2.05) is 18.9 Å². The second-order valence-corrected chi connectivity index (χ2v) is 4.82. The zero-order chi connectivity index (χ0) is 13.7. The molecule has 0 amide bonds. The Morgan fingerprint density at radius 3 is 2.79 bits per heavy atom. The van der Waals surface area contributed by atoms with E-state index in [0.717, 1.165) is 39.3 Å². The number of anilines is 1. The summed E-state index contributed by atoms with van der Waals surface area (Å²) >= 11 is 0. The van der Waals surface area contributed by atoms with Crippen LogP contribution in [0, 0.1) is 5.82 Å². The summed E-state index contributed by atoms with van der Waals surface area (Å²) in [7, 11) is 1.88. The molecule has 1 aliphatic heterocycles. The van der Waals surface area contributed by atoms with Crippen LogP contribution in [0.5, 0.6) is 0 Å². The van der Waals surface area contributed by atoms with Gasteiger partial charge in [-0.3, -0.25) is 4.90 Å². The maximum Gasteiger partial charge on any atom is 0.187 e. The molecule has 1 aliphatic rings. The van der Waals surface area contributed by atoms with Crippen LogP contribution in [-0.4, -0.2) is 61.2 Å². The van der Waals surface area contributed by atoms with Crippen molar-refractivity contribution in [3.63, 3.8) is 0 Å². The summed E-state index contributed by atoms with van der Waals surface area (Å²) in [5.74, 6) is 0.120. The fourth-order valence-electron chi connectivity index (χ4n) is 2.24. The van der Waals surface area contributed by atoms with E-state index in [4.69, 9.17) is 0 Å². The van der Waals surface area contributed by atoms with Crippen LogP contribution in [-0.2, 0) is 6.42 Å². The van der Waals surface area contributed by atoms with Gasteiger partial charge >= 0.3 is 0 Å². The van der Waals surface area contributed by atoms with Crippen molar-refractivity contribution in [2.75, 3.05) is 51.2 Å². The molecule has 5 nitrogen and oxygen atoms in total. The van der Waals surface area contributed by atoms with Crippen LogP contribution < -0.4 is 10.2 Å². The van der Waals surface area contributed by atoms with Crippen LogP contribution in [0.4, 0.5) is 10.2 Å². The van der Waals surface area contributed by atoms with Crippen molar-refractivity contribution in [3.8, 4) is 0 Å². The zero-order valence-corrected chi connectivity index (χ0v) is 11.7. The summed E-state index contributed by atoms with van der Waals surface area (Å²) in [6, 6.07) is 0. The topological polar surface area (TPSA) is 44.3 Å². The predicted octanol–water partition coefficient (Wildman–Crippen LogP) is 0.520. The molecule has 1 fully saturated rings. The normalized spacial score (nSPS) is 16.6. The Morgan fingerprint density at radius 1 is 1.37 bits per heavy atom. The fraction of sp³-hybridized carbons (Fsp3) is 0.692. The molecule has 106 valence electrons. The summed E-state index contributed by atoms with van der Waals surface area (Å²) in [6.45, 7) is 7.79. The number of aryl methyl sites for hydroxylation is 1. The summed E-state index contributed by atoms with van der Waals surface area (Å²) in [6.07, 6.45) is 2.03. The van der Waals surface area contributed by atoms with Crippen LogP contribution in [0.25, 0.3) is 0 Å². The number of aromatic nitrogens is 2. The molecule has 0 radical (unpaired) electrons. The summed E-state index contributed by atoms with van der Waals surface area (Å²) in [5.41, 5.74) is 0.485. The summed E-state index contributed by atoms with van der Waals surface area (Å²) < 4.78 is 14.1. The highest BCUT2D eigenvalue weighted by atomic mass is 19.1. The predicted molar refractivity (Wildman–Crippen MR) is 73.9 cm³/mol. The lowest BCUT2D eigenvalue weighted by Crippen LogP contribution is -2.46. The Labute approximate surface area is 113 Å². The van der Waals surface area contributed by atoms with E-state index in [2.05, 4.69) is 20.2 Å². The minimum absolute atomic E-state index is 0.284. The minimum Gasteiger partial charge on any atom is -0.356 e. The van der Waals surface area contributed by atoms with E-state index in [1.54, 1.807) is 0 Å². The third kappa shape index (κ3) is 3.61. The third-order valence-corrected chi connectivity index (χ3v) is 3.50. The number of nitrogens with zero attached hydrogens (tertiary/aromatic N) is 4. The molecule has 0 saturated carbocycles. The fourth-order valence-corrected chi connectivity index (χ4v) is 2.24. The van der Waals surface area contributed by atoms with Crippen molar-refractivity contribution in [3.05, 3.63) is 17.8 Å². The molecular formula is C13H22FN5. The van der Waals surface area contributed by atoms with Crippen molar-refractivity contribution in [1.82, 2.24) is 20.2 Å². The first-order chi connectivity index (χ1) is 9.22. The molecule has 0 unspecified atom stereocenters. The third-order valence-electron chi connectivity index (χ3n) is 3.50. The molecule has 19 heavy (non-hydrogen) atoms. The lowest BCUT2D eigenvalue weighted by Gasteiger charge is -2.29. The molecule has 1 aromatic rings. The molecule has 1 aromatic heterocycles. The highest BCUT2D eigenvalue weighted by Crippen LogP contribution is 2.16. The smallest absolute Gasteiger partial charge is 0.187 e. The molecule has 1 saturated heterocycles. The van der Waals surface area contributed by atoms with E-state index in [1.165, 1.54) is 6.33 Å². The second-order valence-electron chi connectivity index (χ2n) is 4.82. The van der Waals surface area contributed by atoms with Crippen molar-refractivity contribution < 1.29 is 4.39 Å². The van der Waals surface area contributed by atoms with Crippen LogP contribution >= 0.6 is 0 Å². The van der Waals surface area contributed by atoms with Crippen molar-refractivity contribution >= 4 is 5.82 Å². The highest BCUT2D eigenvalue weighted by Gasteiger charge is 2.15. The van der Waals surface area contributed by atoms with Gasteiger partial charge in [-0.25, -0.2) is 14.4 Å². The second kappa shape index (κ2) is 6.77.